The maximum atomic E-state index is 2.38. The fraction of sp³-hybridized carbons (Fsp3) is 0. The minimum Gasteiger partial charge on any atom is -0.389 e. The van der Waals surface area contributed by atoms with Gasteiger partial charge < -0.3 is 4.81 Å². The van der Waals surface area contributed by atoms with Crippen molar-refractivity contribution in [1.82, 2.24) is 4.81 Å². The Hall–Kier alpha value is -2.74. The van der Waals surface area contributed by atoms with Gasteiger partial charge in [0.1, 0.15) is 0 Å². The Morgan fingerprint density at radius 2 is 1.59 bits per heavy atom. The Morgan fingerprint density at radius 3 is 2.55 bits per heavy atom. The molecule has 2 heterocycles. The lowest BCUT2D eigenvalue weighted by Crippen LogP contribution is -2.51. The van der Waals surface area contributed by atoms with Crippen molar-refractivity contribution in [3.8, 4) is 0 Å². The molecular formula is C20H14BN. The third kappa shape index (κ3) is 1.61. The van der Waals surface area contributed by atoms with Gasteiger partial charge in [-0.2, -0.15) is 0 Å². The van der Waals surface area contributed by atoms with Gasteiger partial charge in [0.05, 0.1) is 0 Å². The molecule has 0 aromatic heterocycles. The molecule has 2 aliphatic heterocycles. The van der Waals surface area contributed by atoms with E-state index in [0.29, 0.717) is 0 Å². The van der Waals surface area contributed by atoms with E-state index in [-0.39, 0.29) is 6.85 Å². The van der Waals surface area contributed by atoms with E-state index in [2.05, 4.69) is 89.9 Å². The van der Waals surface area contributed by atoms with Gasteiger partial charge in [0, 0.05) is 0 Å². The molecule has 0 fully saturated rings. The SMILES string of the molecule is C1=CN2C=c3ccccc3=CB2c2c1ccc1ccccc21. The van der Waals surface area contributed by atoms with Crippen LogP contribution in [0.4, 0.5) is 0 Å². The summed E-state index contributed by atoms with van der Waals surface area (Å²) in [6.45, 7) is 0.279. The van der Waals surface area contributed by atoms with Crippen LogP contribution in [0, 0.1) is 0 Å². The van der Waals surface area contributed by atoms with Crippen molar-refractivity contribution in [2.24, 2.45) is 0 Å². The third-order valence-corrected chi connectivity index (χ3v) is 4.67. The highest BCUT2D eigenvalue weighted by molar-refractivity contribution is 6.86. The Balaban J connectivity index is 1.86. The third-order valence-electron chi connectivity index (χ3n) is 4.67. The molecule has 0 saturated heterocycles. The second-order valence-electron chi connectivity index (χ2n) is 5.92. The molecule has 0 unspecified atom stereocenters. The average Bonchev–Trinajstić information content (AvgIpc) is 2.59. The number of fused-ring (bicyclic) bond motifs is 6. The molecule has 2 aliphatic rings. The van der Waals surface area contributed by atoms with E-state index in [1.165, 1.54) is 32.2 Å². The van der Waals surface area contributed by atoms with Gasteiger partial charge in [-0.05, 0) is 50.7 Å². The summed E-state index contributed by atoms with van der Waals surface area (Å²) in [5.41, 5.74) is 2.73. The van der Waals surface area contributed by atoms with Gasteiger partial charge in [-0.3, -0.25) is 0 Å². The molecule has 0 radical (unpaired) electrons. The Morgan fingerprint density at radius 1 is 0.773 bits per heavy atom. The summed E-state index contributed by atoms with van der Waals surface area (Å²) >= 11 is 0. The smallest absolute Gasteiger partial charge is 0.321 e. The molecule has 0 atom stereocenters. The second kappa shape index (κ2) is 4.38. The van der Waals surface area contributed by atoms with Gasteiger partial charge in [-0.15, -0.1) is 0 Å². The summed E-state index contributed by atoms with van der Waals surface area (Å²) in [6, 6.07) is 21.7. The summed E-state index contributed by atoms with van der Waals surface area (Å²) in [7, 11) is 0. The molecule has 0 saturated carbocycles. The first kappa shape index (κ1) is 11.9. The monoisotopic (exact) mass is 279 g/mol. The minimum atomic E-state index is 0.279. The van der Waals surface area contributed by atoms with Crippen molar-refractivity contribution in [1.29, 1.82) is 0 Å². The molecule has 5 rings (SSSR count). The Kier molecular flexibility index (Phi) is 2.36. The summed E-state index contributed by atoms with van der Waals surface area (Å²) < 4.78 is 0. The highest BCUT2D eigenvalue weighted by Gasteiger charge is 2.28. The topological polar surface area (TPSA) is 3.24 Å². The Labute approximate surface area is 129 Å². The van der Waals surface area contributed by atoms with Crippen molar-refractivity contribution < 1.29 is 0 Å². The summed E-state index contributed by atoms with van der Waals surface area (Å²) in [5.74, 6) is 2.38. The standard InChI is InChI=1S/C20H14BN/c1-2-7-18-14-22-12-11-16-10-9-15-5-3-4-8-19(15)20(16)21(22)13-17(18)6-1/h1-14H. The first-order chi connectivity index (χ1) is 10.9. The highest BCUT2D eigenvalue weighted by atomic mass is 15.0. The molecule has 3 aromatic rings. The van der Waals surface area contributed by atoms with Crippen molar-refractivity contribution in [3.05, 3.63) is 82.9 Å². The van der Waals surface area contributed by atoms with Crippen LogP contribution >= 0.6 is 0 Å². The van der Waals surface area contributed by atoms with Crippen LogP contribution in [0.2, 0.25) is 0 Å². The summed E-state index contributed by atoms with van der Waals surface area (Å²) in [5, 5.41) is 5.26. The summed E-state index contributed by atoms with van der Waals surface area (Å²) in [4.78, 5) is 2.32. The lowest BCUT2D eigenvalue weighted by Gasteiger charge is -2.30. The van der Waals surface area contributed by atoms with Crippen molar-refractivity contribution in [3.63, 3.8) is 0 Å². The predicted octanol–water partition coefficient (Wildman–Crippen LogP) is 2.10. The second-order valence-corrected chi connectivity index (χ2v) is 5.92. The van der Waals surface area contributed by atoms with Crippen LogP contribution in [0.3, 0.4) is 0 Å². The van der Waals surface area contributed by atoms with Crippen LogP contribution in [0.15, 0.2) is 66.9 Å². The van der Waals surface area contributed by atoms with Crippen molar-refractivity contribution >= 4 is 41.3 Å². The predicted molar refractivity (Wildman–Crippen MR) is 94.8 cm³/mol. The lowest BCUT2D eigenvalue weighted by atomic mass is 9.50. The van der Waals surface area contributed by atoms with Crippen LogP contribution in [0.1, 0.15) is 5.56 Å². The molecule has 3 aromatic carbocycles. The Bertz CT molecular complexity index is 1050. The van der Waals surface area contributed by atoms with Crippen LogP contribution in [-0.2, 0) is 0 Å². The van der Waals surface area contributed by atoms with Gasteiger partial charge in [0.15, 0.2) is 0 Å². The maximum absolute atomic E-state index is 2.38. The van der Waals surface area contributed by atoms with E-state index in [9.17, 15) is 0 Å². The van der Waals surface area contributed by atoms with E-state index in [1.54, 1.807) is 0 Å². The van der Waals surface area contributed by atoms with Gasteiger partial charge in [-0.25, -0.2) is 0 Å². The number of hydrogen-bond acceptors (Lipinski definition) is 1. The maximum Gasteiger partial charge on any atom is 0.321 e. The zero-order valence-electron chi connectivity index (χ0n) is 12.1. The van der Waals surface area contributed by atoms with Crippen LogP contribution in [-0.4, -0.2) is 11.7 Å². The zero-order valence-corrected chi connectivity index (χ0v) is 12.1. The highest BCUT2D eigenvalue weighted by Crippen LogP contribution is 2.21. The lowest BCUT2D eigenvalue weighted by molar-refractivity contribution is 0.865. The van der Waals surface area contributed by atoms with Gasteiger partial charge in [0.2, 0.25) is 0 Å². The van der Waals surface area contributed by atoms with E-state index < -0.39 is 0 Å². The van der Waals surface area contributed by atoms with Gasteiger partial charge in [0.25, 0.3) is 0 Å². The van der Waals surface area contributed by atoms with E-state index in [1.807, 2.05) is 0 Å². The normalized spacial score (nSPS) is 14.7. The van der Waals surface area contributed by atoms with Crippen LogP contribution in [0.5, 0.6) is 0 Å². The number of benzene rings is 3. The summed E-state index contributed by atoms with van der Waals surface area (Å²) in [6.07, 6.45) is 6.66. The van der Waals surface area contributed by atoms with Crippen LogP contribution in [0.25, 0.3) is 29.0 Å². The molecule has 0 amide bonds. The zero-order chi connectivity index (χ0) is 14.5. The first-order valence-corrected chi connectivity index (χ1v) is 7.66. The fourth-order valence-corrected chi connectivity index (χ4v) is 3.60. The molecule has 22 heavy (non-hydrogen) atoms. The largest absolute Gasteiger partial charge is 0.389 e. The molecule has 1 nitrogen and oxygen atoms in total. The molecule has 102 valence electrons. The average molecular weight is 279 g/mol. The molecule has 2 heteroatoms. The molecule has 0 bridgehead atoms. The number of rotatable bonds is 0. The number of nitrogens with zero attached hydrogens (tertiary/aromatic N) is 1. The molecule has 0 N–H and O–H groups in total. The molecule has 0 spiro atoms. The fourth-order valence-electron chi connectivity index (χ4n) is 3.60. The molecule has 0 aliphatic carbocycles. The van der Waals surface area contributed by atoms with Crippen molar-refractivity contribution in [2.45, 2.75) is 0 Å². The van der Waals surface area contributed by atoms with Crippen LogP contribution < -0.4 is 15.9 Å². The minimum absolute atomic E-state index is 0.279. The first-order valence-electron chi connectivity index (χ1n) is 7.66. The van der Waals surface area contributed by atoms with Gasteiger partial charge >= 0.3 is 6.85 Å². The number of hydrogen-bond donors (Lipinski definition) is 0. The van der Waals surface area contributed by atoms with E-state index in [0.717, 1.165) is 0 Å². The van der Waals surface area contributed by atoms with E-state index >= 15 is 0 Å². The van der Waals surface area contributed by atoms with Crippen molar-refractivity contribution in [2.75, 3.05) is 0 Å². The van der Waals surface area contributed by atoms with E-state index in [4.69, 9.17) is 0 Å². The van der Waals surface area contributed by atoms with Gasteiger partial charge in [-0.1, -0.05) is 66.6 Å². The quantitative estimate of drug-likeness (QED) is 0.570. The molecular weight excluding hydrogens is 265 g/mol.